The molecule has 0 N–H and O–H groups in total. The molecule has 7 heteroatoms. The van der Waals surface area contributed by atoms with Gasteiger partial charge in [-0.2, -0.15) is 0 Å². The molecule has 1 amide bonds. The first kappa shape index (κ1) is 16.5. The molecule has 1 aliphatic heterocycles. The Morgan fingerprint density at radius 3 is 2.88 bits per heavy atom. The van der Waals surface area contributed by atoms with E-state index < -0.39 is 0 Å². The van der Waals surface area contributed by atoms with Gasteiger partial charge >= 0.3 is 0 Å². The van der Waals surface area contributed by atoms with Gasteiger partial charge in [-0.25, -0.2) is 4.98 Å². The lowest BCUT2D eigenvalue weighted by atomic mass is 10.2. The molecule has 134 valence electrons. The van der Waals surface area contributed by atoms with Crippen molar-refractivity contribution in [3.05, 3.63) is 64.0 Å². The molecule has 0 bridgehead atoms. The first-order chi connectivity index (χ1) is 12.5. The lowest BCUT2D eigenvalue weighted by Crippen LogP contribution is -2.43. The highest BCUT2D eigenvalue weighted by atomic mass is 16.5. The van der Waals surface area contributed by atoms with E-state index in [2.05, 4.69) is 4.98 Å². The molecule has 2 aromatic heterocycles. The number of benzene rings is 1. The molecule has 1 unspecified atom stereocenters. The first-order valence-electron chi connectivity index (χ1n) is 8.46. The van der Waals surface area contributed by atoms with Crippen molar-refractivity contribution >= 4 is 16.9 Å². The molecule has 3 heterocycles. The average molecular weight is 353 g/mol. The van der Waals surface area contributed by atoms with Gasteiger partial charge in [0, 0.05) is 25.9 Å². The van der Waals surface area contributed by atoms with E-state index in [0.717, 1.165) is 11.5 Å². The fourth-order valence-electron chi connectivity index (χ4n) is 3.29. The third-order valence-electron chi connectivity index (χ3n) is 4.52. The van der Waals surface area contributed by atoms with E-state index in [4.69, 9.17) is 9.15 Å². The van der Waals surface area contributed by atoms with Crippen LogP contribution in [0.25, 0.3) is 11.0 Å². The van der Waals surface area contributed by atoms with Crippen LogP contribution in [0.3, 0.4) is 0 Å². The lowest BCUT2D eigenvalue weighted by Gasteiger charge is -2.32. The Bertz CT molecular complexity index is 1040. The summed E-state index contributed by atoms with van der Waals surface area (Å²) in [5, 5.41) is 0.465. The van der Waals surface area contributed by atoms with Crippen LogP contribution in [0.2, 0.25) is 0 Å². The number of morpholine rings is 1. The molecule has 4 rings (SSSR count). The van der Waals surface area contributed by atoms with Gasteiger partial charge in [0.1, 0.15) is 17.5 Å². The van der Waals surface area contributed by atoms with Crippen molar-refractivity contribution in [2.45, 2.75) is 13.0 Å². The van der Waals surface area contributed by atoms with Gasteiger partial charge in [-0.15, -0.1) is 0 Å². The van der Waals surface area contributed by atoms with Gasteiger partial charge in [0.05, 0.1) is 24.2 Å². The maximum atomic E-state index is 12.9. The third-order valence-corrected chi connectivity index (χ3v) is 4.52. The van der Waals surface area contributed by atoms with E-state index in [1.54, 1.807) is 29.2 Å². The van der Waals surface area contributed by atoms with Crippen molar-refractivity contribution in [1.82, 2.24) is 14.5 Å². The fourth-order valence-corrected chi connectivity index (χ4v) is 3.29. The minimum atomic E-state index is -0.313. The summed E-state index contributed by atoms with van der Waals surface area (Å²) in [6.07, 6.45) is 1.61. The number of hydrogen-bond acceptors (Lipinski definition) is 5. The lowest BCUT2D eigenvalue weighted by molar-refractivity contribution is -0.0288. The number of rotatable bonds is 2. The van der Waals surface area contributed by atoms with Crippen LogP contribution < -0.4 is 5.43 Å². The van der Waals surface area contributed by atoms with E-state index in [0.29, 0.717) is 30.7 Å². The van der Waals surface area contributed by atoms with Gasteiger partial charge in [0.25, 0.3) is 5.91 Å². The van der Waals surface area contributed by atoms with E-state index in [1.165, 1.54) is 6.07 Å². The summed E-state index contributed by atoms with van der Waals surface area (Å²) in [7, 11) is 1.90. The van der Waals surface area contributed by atoms with Crippen molar-refractivity contribution in [3.63, 3.8) is 0 Å². The zero-order chi connectivity index (χ0) is 18.3. The zero-order valence-electron chi connectivity index (χ0n) is 14.6. The summed E-state index contributed by atoms with van der Waals surface area (Å²) >= 11 is 0. The highest BCUT2D eigenvalue weighted by molar-refractivity contribution is 5.93. The summed E-state index contributed by atoms with van der Waals surface area (Å²) in [6.45, 7) is 3.12. The molecule has 0 radical (unpaired) electrons. The second-order valence-corrected chi connectivity index (χ2v) is 6.43. The van der Waals surface area contributed by atoms with Crippen molar-refractivity contribution in [3.8, 4) is 0 Å². The third kappa shape index (κ3) is 2.90. The quantitative estimate of drug-likeness (QED) is 0.705. The Kier molecular flexibility index (Phi) is 4.08. The van der Waals surface area contributed by atoms with E-state index >= 15 is 0 Å². The van der Waals surface area contributed by atoms with Gasteiger partial charge in [-0.05, 0) is 19.1 Å². The second kappa shape index (κ2) is 6.42. The number of carbonyl (C=O) groups is 1. The smallest absolute Gasteiger partial charge is 0.289 e. The number of amides is 1. The van der Waals surface area contributed by atoms with E-state index in [1.807, 2.05) is 24.7 Å². The number of fused-ring (bicyclic) bond motifs is 1. The molecule has 3 aromatic rings. The van der Waals surface area contributed by atoms with Crippen LogP contribution in [0.1, 0.15) is 28.2 Å². The fraction of sp³-hybridized carbons (Fsp3) is 0.316. The molecule has 1 aliphatic rings. The van der Waals surface area contributed by atoms with Gasteiger partial charge in [0.15, 0.2) is 11.2 Å². The number of imidazole rings is 1. The Balaban J connectivity index is 1.62. The van der Waals surface area contributed by atoms with Crippen molar-refractivity contribution in [2.24, 2.45) is 7.05 Å². The Morgan fingerprint density at radius 1 is 1.31 bits per heavy atom. The topological polar surface area (TPSA) is 77.6 Å². The molecule has 26 heavy (non-hydrogen) atoms. The largest absolute Gasteiger partial charge is 0.451 e. The molecular formula is C19H19N3O4. The van der Waals surface area contributed by atoms with E-state index in [-0.39, 0.29) is 23.2 Å². The van der Waals surface area contributed by atoms with Gasteiger partial charge in [0.2, 0.25) is 0 Å². The molecule has 1 atom stereocenters. The van der Waals surface area contributed by atoms with Crippen molar-refractivity contribution < 1.29 is 13.9 Å². The molecule has 0 spiro atoms. The molecule has 0 aliphatic carbocycles. The van der Waals surface area contributed by atoms with Gasteiger partial charge < -0.3 is 18.6 Å². The summed E-state index contributed by atoms with van der Waals surface area (Å²) in [6, 6.07) is 8.17. The highest BCUT2D eigenvalue weighted by Gasteiger charge is 2.30. The highest BCUT2D eigenvalue weighted by Crippen LogP contribution is 2.23. The molecular weight excluding hydrogens is 334 g/mol. The van der Waals surface area contributed by atoms with Crippen molar-refractivity contribution in [2.75, 3.05) is 19.7 Å². The minimum absolute atomic E-state index is 0.0466. The molecule has 1 saturated heterocycles. The summed E-state index contributed by atoms with van der Waals surface area (Å²) in [4.78, 5) is 31.3. The Morgan fingerprint density at radius 2 is 2.12 bits per heavy atom. The summed E-state index contributed by atoms with van der Waals surface area (Å²) in [5.41, 5.74) is 1.09. The normalized spacial score (nSPS) is 17.6. The molecule has 0 saturated carbocycles. The minimum Gasteiger partial charge on any atom is -0.451 e. The van der Waals surface area contributed by atoms with Crippen LogP contribution >= 0.6 is 0 Å². The molecule has 1 aromatic carbocycles. The SMILES string of the molecule is Cc1cn(C)c(C2CN(C(=O)c3cc(=O)c4ccccc4o3)CCO2)n1. The zero-order valence-corrected chi connectivity index (χ0v) is 14.6. The number of para-hydroxylation sites is 1. The van der Waals surface area contributed by atoms with Crippen LogP contribution in [0.4, 0.5) is 0 Å². The van der Waals surface area contributed by atoms with Gasteiger partial charge in [-0.3, -0.25) is 9.59 Å². The summed E-state index contributed by atoms with van der Waals surface area (Å²) < 4.78 is 13.4. The standard InChI is InChI=1S/C19H19N3O4/c1-12-10-21(2)18(20-12)17-11-22(7-8-25-17)19(24)16-9-14(23)13-5-3-4-6-15(13)26-16/h3-6,9-10,17H,7-8,11H2,1-2H3. The monoisotopic (exact) mass is 353 g/mol. The number of hydrogen-bond donors (Lipinski definition) is 0. The van der Waals surface area contributed by atoms with Crippen LogP contribution in [-0.4, -0.2) is 40.1 Å². The van der Waals surface area contributed by atoms with Crippen LogP contribution in [0.5, 0.6) is 0 Å². The second-order valence-electron chi connectivity index (χ2n) is 6.43. The maximum absolute atomic E-state index is 12.9. The number of carbonyl (C=O) groups excluding carboxylic acids is 1. The van der Waals surface area contributed by atoms with Gasteiger partial charge in [-0.1, -0.05) is 12.1 Å². The number of ether oxygens (including phenoxy) is 1. The maximum Gasteiger partial charge on any atom is 0.289 e. The summed E-state index contributed by atoms with van der Waals surface area (Å²) in [5.74, 6) is 0.511. The predicted molar refractivity (Wildman–Crippen MR) is 95.0 cm³/mol. The molecule has 1 fully saturated rings. The van der Waals surface area contributed by atoms with Crippen LogP contribution in [-0.2, 0) is 11.8 Å². The van der Waals surface area contributed by atoms with E-state index in [9.17, 15) is 9.59 Å². The Hall–Kier alpha value is -2.93. The predicted octanol–water partition coefficient (Wildman–Crippen LogP) is 2.05. The average Bonchev–Trinajstić information content (AvgIpc) is 2.99. The van der Waals surface area contributed by atoms with Crippen LogP contribution in [0.15, 0.2) is 45.7 Å². The Labute approximate surface area is 149 Å². The number of aryl methyl sites for hydroxylation is 2. The van der Waals surface area contributed by atoms with Crippen molar-refractivity contribution in [1.29, 1.82) is 0 Å². The molecule has 7 nitrogen and oxygen atoms in total. The number of aromatic nitrogens is 2. The number of nitrogens with zero attached hydrogens (tertiary/aromatic N) is 3. The first-order valence-corrected chi connectivity index (χ1v) is 8.46. The van der Waals surface area contributed by atoms with Crippen LogP contribution in [0, 0.1) is 6.92 Å².